The molecule has 2 rings (SSSR count). The summed E-state index contributed by atoms with van der Waals surface area (Å²) in [5, 5.41) is 0. The van der Waals surface area contributed by atoms with Gasteiger partial charge in [0.05, 0.1) is 13.2 Å². The molecule has 0 amide bonds. The second-order valence-corrected chi connectivity index (χ2v) is 3.45. The lowest BCUT2D eigenvalue weighted by Gasteiger charge is -2.10. The third-order valence-electron chi connectivity index (χ3n) is 2.55. The zero-order chi connectivity index (χ0) is 9.26. The Morgan fingerprint density at radius 1 is 1.46 bits per heavy atom. The van der Waals surface area contributed by atoms with E-state index in [1.165, 1.54) is 0 Å². The highest BCUT2D eigenvalue weighted by molar-refractivity contribution is 5.35. The molecule has 1 heterocycles. The van der Waals surface area contributed by atoms with Gasteiger partial charge in [0.15, 0.2) is 0 Å². The molecule has 2 heteroatoms. The Morgan fingerprint density at radius 2 is 2.31 bits per heavy atom. The van der Waals surface area contributed by atoms with Crippen LogP contribution >= 0.6 is 0 Å². The summed E-state index contributed by atoms with van der Waals surface area (Å²) >= 11 is 0. The van der Waals surface area contributed by atoms with Crippen molar-refractivity contribution in [3.63, 3.8) is 0 Å². The van der Waals surface area contributed by atoms with Crippen molar-refractivity contribution in [2.24, 2.45) is 0 Å². The van der Waals surface area contributed by atoms with Gasteiger partial charge in [0.25, 0.3) is 0 Å². The third kappa shape index (κ3) is 1.59. The van der Waals surface area contributed by atoms with Gasteiger partial charge >= 0.3 is 0 Å². The van der Waals surface area contributed by atoms with Crippen molar-refractivity contribution >= 4 is 0 Å². The van der Waals surface area contributed by atoms with Gasteiger partial charge in [0.2, 0.25) is 0 Å². The lowest BCUT2D eigenvalue weighted by Crippen LogP contribution is -1.96. The molecule has 0 radical (unpaired) electrons. The summed E-state index contributed by atoms with van der Waals surface area (Å²) in [5.41, 5.74) is 2.98. The van der Waals surface area contributed by atoms with Crippen molar-refractivity contribution in [2.45, 2.75) is 26.1 Å². The predicted molar refractivity (Wildman–Crippen MR) is 49.3 cm³/mol. The second kappa shape index (κ2) is 3.46. The minimum Gasteiger partial charge on any atom is -0.377 e. The summed E-state index contributed by atoms with van der Waals surface area (Å²) in [6, 6.07) is 5.77. The van der Waals surface area contributed by atoms with Gasteiger partial charge < -0.3 is 4.74 Å². The Balaban J connectivity index is 2.47. The standard InChI is InChI=1S/C11H13FO/c1-8-3-2-4-9-10(8)7-13-6-5-11(9)12/h2-4,11H,5-7H2,1H3. The topological polar surface area (TPSA) is 9.23 Å². The van der Waals surface area contributed by atoms with Crippen LogP contribution in [0.4, 0.5) is 4.39 Å². The molecule has 1 unspecified atom stereocenters. The first-order valence-corrected chi connectivity index (χ1v) is 4.59. The maximum Gasteiger partial charge on any atom is 0.128 e. The molecule has 70 valence electrons. The Labute approximate surface area is 77.5 Å². The normalized spacial score (nSPS) is 22.2. The molecular formula is C11H13FO. The Bertz CT molecular complexity index is 309. The van der Waals surface area contributed by atoms with Crippen molar-refractivity contribution < 1.29 is 9.13 Å². The molecule has 1 nitrogen and oxygen atoms in total. The first-order valence-electron chi connectivity index (χ1n) is 4.59. The van der Waals surface area contributed by atoms with E-state index in [1.807, 2.05) is 25.1 Å². The highest BCUT2D eigenvalue weighted by atomic mass is 19.1. The number of hydrogen-bond donors (Lipinski definition) is 0. The number of alkyl halides is 1. The number of hydrogen-bond acceptors (Lipinski definition) is 1. The largest absolute Gasteiger partial charge is 0.377 e. The van der Waals surface area contributed by atoms with Gasteiger partial charge in [-0.3, -0.25) is 0 Å². The molecular weight excluding hydrogens is 167 g/mol. The minimum atomic E-state index is -0.850. The van der Waals surface area contributed by atoms with Gasteiger partial charge in [-0.15, -0.1) is 0 Å². The van der Waals surface area contributed by atoms with Crippen LogP contribution in [0.25, 0.3) is 0 Å². The van der Waals surface area contributed by atoms with Gasteiger partial charge in [0.1, 0.15) is 6.17 Å². The van der Waals surface area contributed by atoms with Crippen molar-refractivity contribution in [3.05, 3.63) is 34.9 Å². The zero-order valence-electron chi connectivity index (χ0n) is 7.72. The van der Waals surface area contributed by atoms with Crippen molar-refractivity contribution in [1.29, 1.82) is 0 Å². The maximum absolute atomic E-state index is 13.5. The van der Waals surface area contributed by atoms with E-state index in [2.05, 4.69) is 0 Å². The number of halogens is 1. The molecule has 13 heavy (non-hydrogen) atoms. The van der Waals surface area contributed by atoms with Gasteiger partial charge in [-0.2, -0.15) is 0 Å². The van der Waals surface area contributed by atoms with Gasteiger partial charge in [-0.1, -0.05) is 18.2 Å². The molecule has 0 saturated carbocycles. The molecule has 1 atom stereocenters. The van der Waals surface area contributed by atoms with E-state index in [1.54, 1.807) is 0 Å². The van der Waals surface area contributed by atoms with E-state index in [0.29, 0.717) is 19.6 Å². The van der Waals surface area contributed by atoms with E-state index in [0.717, 1.165) is 16.7 Å². The lowest BCUT2D eigenvalue weighted by atomic mass is 9.99. The molecule has 1 aliphatic rings. The summed E-state index contributed by atoms with van der Waals surface area (Å²) in [6.07, 6.45) is -0.367. The summed E-state index contributed by atoms with van der Waals surface area (Å²) < 4.78 is 18.9. The Kier molecular flexibility index (Phi) is 2.32. The Hall–Kier alpha value is -0.890. The smallest absolute Gasteiger partial charge is 0.128 e. The fraction of sp³-hybridized carbons (Fsp3) is 0.455. The molecule has 0 aliphatic carbocycles. The number of ether oxygens (including phenoxy) is 1. The highest BCUT2D eigenvalue weighted by Gasteiger charge is 2.18. The predicted octanol–water partition coefficient (Wildman–Crippen LogP) is 2.93. The maximum atomic E-state index is 13.5. The van der Waals surface area contributed by atoms with Gasteiger partial charge in [-0.05, 0) is 23.6 Å². The average molecular weight is 180 g/mol. The van der Waals surface area contributed by atoms with Crippen LogP contribution in [0.5, 0.6) is 0 Å². The fourth-order valence-electron chi connectivity index (χ4n) is 1.73. The zero-order valence-corrected chi connectivity index (χ0v) is 7.72. The molecule has 0 saturated heterocycles. The van der Waals surface area contributed by atoms with E-state index < -0.39 is 6.17 Å². The van der Waals surface area contributed by atoms with Crippen LogP contribution in [0.3, 0.4) is 0 Å². The molecule has 0 spiro atoms. The number of aryl methyl sites for hydroxylation is 1. The van der Waals surface area contributed by atoms with Gasteiger partial charge in [0, 0.05) is 6.42 Å². The third-order valence-corrected chi connectivity index (χ3v) is 2.55. The Morgan fingerprint density at radius 3 is 3.15 bits per heavy atom. The van der Waals surface area contributed by atoms with Crippen LogP contribution in [0.15, 0.2) is 18.2 Å². The van der Waals surface area contributed by atoms with Crippen LogP contribution in [0.1, 0.15) is 29.3 Å². The number of rotatable bonds is 0. The van der Waals surface area contributed by atoms with Crippen molar-refractivity contribution in [2.75, 3.05) is 6.61 Å². The second-order valence-electron chi connectivity index (χ2n) is 3.45. The van der Waals surface area contributed by atoms with Crippen LogP contribution in [-0.2, 0) is 11.3 Å². The molecule has 0 bridgehead atoms. The van der Waals surface area contributed by atoms with Crippen molar-refractivity contribution in [1.82, 2.24) is 0 Å². The number of benzene rings is 1. The molecule has 1 aromatic carbocycles. The van der Waals surface area contributed by atoms with E-state index in [-0.39, 0.29) is 0 Å². The molecule has 1 aromatic rings. The average Bonchev–Trinajstić information content (AvgIpc) is 2.30. The van der Waals surface area contributed by atoms with Crippen LogP contribution < -0.4 is 0 Å². The summed E-state index contributed by atoms with van der Waals surface area (Å²) in [5.74, 6) is 0. The van der Waals surface area contributed by atoms with Crippen LogP contribution in [-0.4, -0.2) is 6.61 Å². The summed E-state index contributed by atoms with van der Waals surface area (Å²) in [4.78, 5) is 0. The first-order chi connectivity index (χ1) is 6.29. The van der Waals surface area contributed by atoms with Crippen LogP contribution in [0, 0.1) is 6.92 Å². The van der Waals surface area contributed by atoms with E-state index >= 15 is 0 Å². The monoisotopic (exact) mass is 180 g/mol. The van der Waals surface area contributed by atoms with Gasteiger partial charge in [-0.25, -0.2) is 4.39 Å². The summed E-state index contributed by atoms with van der Waals surface area (Å²) in [7, 11) is 0. The SMILES string of the molecule is Cc1cccc2c1COCCC2F. The highest BCUT2D eigenvalue weighted by Crippen LogP contribution is 2.29. The quantitative estimate of drug-likeness (QED) is 0.596. The van der Waals surface area contributed by atoms with Crippen molar-refractivity contribution in [3.8, 4) is 0 Å². The fourth-order valence-corrected chi connectivity index (χ4v) is 1.73. The number of fused-ring (bicyclic) bond motifs is 1. The minimum absolute atomic E-state index is 0.483. The molecule has 0 fully saturated rings. The van der Waals surface area contributed by atoms with E-state index in [9.17, 15) is 4.39 Å². The molecule has 0 aromatic heterocycles. The molecule has 0 N–H and O–H groups in total. The summed E-state index contributed by atoms with van der Waals surface area (Å²) in [6.45, 7) is 3.08. The van der Waals surface area contributed by atoms with Crippen LogP contribution in [0.2, 0.25) is 0 Å². The first kappa shape index (κ1) is 8.70. The lowest BCUT2D eigenvalue weighted by molar-refractivity contribution is 0.112. The molecule has 1 aliphatic heterocycles. The van der Waals surface area contributed by atoms with E-state index in [4.69, 9.17) is 4.74 Å².